The van der Waals surface area contributed by atoms with Crippen LogP contribution in [-0.4, -0.2) is 68.6 Å². The number of aromatic carboxylic acids is 1. The van der Waals surface area contributed by atoms with Crippen molar-refractivity contribution in [3.05, 3.63) is 459 Å². The lowest BCUT2D eigenvalue weighted by molar-refractivity contribution is -0.385. The van der Waals surface area contributed by atoms with Crippen molar-refractivity contribution >= 4 is 138 Å². The summed E-state index contributed by atoms with van der Waals surface area (Å²) in [5, 5.41) is 48.2. The number of nitrogens with one attached hydrogen (secondary N) is 2. The molecule has 1 amide bonds. The number of ether oxygens (including phenoxy) is 2. The monoisotopic (exact) mass is 1950 g/mol. The molecular weight excluding hydrogens is 1830 g/mol. The molecule has 15 aromatic carbocycles. The van der Waals surface area contributed by atoms with Gasteiger partial charge < -0.3 is 51.4 Å². The number of nitro benzene ring substituents is 2. The van der Waals surface area contributed by atoms with Crippen LogP contribution in [0.5, 0.6) is 11.5 Å². The van der Waals surface area contributed by atoms with Crippen LogP contribution >= 0.6 is 31.8 Å². The first-order valence-electron chi connectivity index (χ1n) is 46.5. The Balaban J connectivity index is 0.000000165. The molecule has 17 rings (SSSR count). The van der Waals surface area contributed by atoms with Gasteiger partial charge in [0.15, 0.2) is 5.69 Å². The topological polar surface area (TPSA) is 263 Å². The smallest absolute Gasteiger partial charge is 0.407 e. The molecular formula is C116H122BrN11O9P2. The van der Waals surface area contributed by atoms with Crippen LogP contribution in [0.1, 0.15) is 121 Å². The van der Waals surface area contributed by atoms with Crippen molar-refractivity contribution in [2.75, 3.05) is 57.7 Å². The zero-order valence-electron chi connectivity index (χ0n) is 80.3. The van der Waals surface area contributed by atoms with Crippen LogP contribution in [0.2, 0.25) is 0 Å². The fraction of sp³-hybridized carbons (Fsp3) is 0.181. The highest BCUT2D eigenvalue weighted by atomic mass is 79.9. The van der Waals surface area contributed by atoms with Gasteiger partial charge in [-0.25, -0.2) is 14.3 Å². The number of nitrogen functional groups attached to an aromatic ring is 2. The van der Waals surface area contributed by atoms with Crippen molar-refractivity contribution in [2.45, 2.75) is 112 Å². The van der Waals surface area contributed by atoms with E-state index in [2.05, 4.69) is 318 Å². The third-order valence-electron chi connectivity index (χ3n) is 21.8. The summed E-state index contributed by atoms with van der Waals surface area (Å²) in [5.74, 6) is 0.975. The molecule has 0 bridgehead atoms. The highest BCUT2D eigenvalue weighted by Crippen LogP contribution is 2.52. The Morgan fingerprint density at radius 1 is 0.453 bits per heavy atom. The quantitative estimate of drug-likeness (QED) is 0.0139. The van der Waals surface area contributed by atoms with E-state index in [1.807, 2.05) is 109 Å². The maximum Gasteiger partial charge on any atom is 0.407 e. The molecule has 0 saturated heterocycles. The number of alkyl carbamates (subject to hydrolysis) is 1. The largest absolute Gasteiger partial charge is 0.477 e. The standard InChI is InChI=1S/C39H32OP2.C17H21N3O4.C15H16N2O2.2C15H18N2.C9H13N.C6H4BrNO2/c1-39(2)33-25-15-27-35(41(29-17-7-3-8-18-29)30-19-9-4-10-20-30)37(33)40-38-34(39)26-16-28-36(38)42(31-21-11-5-12-22-31)32-23-13-6-14-24-32;1-11-8-14(15(21)22)20(19-11)13-7-5-6-12(9-13)10-18-16(23)24-17(2,3)4;1-2-11-16(13-7-4-3-5-8-13)14-9-6-10-15(12-14)17(18)19;2*1-2-11-17(14-8-4-3-5-9-14)15-10-6-7-13(16)12-15;1-2-8-10-9-6-4-3-5-7-9;7-5-2-1-3-6(4-5)8(9)10/h3-28H,1-2H3;5-9H,10H2,1-4H3,(H,18,23)(H,21,22);3-10,12H,2,11H2,1H3;2*3-10,12H,2,11,16H2,1H3;3-7,10H,2,8H2,1H3;1-4H. The highest BCUT2D eigenvalue weighted by molar-refractivity contribution is 9.10. The second-order valence-electron chi connectivity index (χ2n) is 33.9. The number of fused-ring (bicyclic) bond motifs is 2. The number of rotatable bonds is 27. The van der Waals surface area contributed by atoms with Gasteiger partial charge in [-0.15, -0.1) is 0 Å². The molecule has 0 saturated carbocycles. The van der Waals surface area contributed by atoms with Crippen molar-refractivity contribution in [3.63, 3.8) is 0 Å². The van der Waals surface area contributed by atoms with Crippen molar-refractivity contribution in [1.82, 2.24) is 15.1 Å². The van der Waals surface area contributed by atoms with E-state index < -0.39 is 38.4 Å². The number of hydrogen-bond acceptors (Lipinski definition) is 15. The number of nitrogens with two attached hydrogens (primary N) is 2. The van der Waals surface area contributed by atoms with Crippen LogP contribution in [0.15, 0.2) is 411 Å². The van der Waals surface area contributed by atoms with Gasteiger partial charge in [0.2, 0.25) is 0 Å². The number of anilines is 9. The fourth-order valence-corrected chi connectivity index (χ4v) is 20.6. The van der Waals surface area contributed by atoms with Crippen LogP contribution in [0, 0.1) is 27.2 Å². The number of non-ortho nitro benzene ring substituents is 2. The summed E-state index contributed by atoms with van der Waals surface area (Å²) >= 11 is 3.13. The Labute approximate surface area is 828 Å². The lowest BCUT2D eigenvalue weighted by Crippen LogP contribution is -2.32. The molecule has 0 atom stereocenters. The molecule has 712 valence electrons. The molecule has 1 aliphatic heterocycles. The average Bonchev–Trinajstić information content (AvgIpc) is 1.43. The molecule has 1 aliphatic rings. The number of benzene rings is 15. The summed E-state index contributed by atoms with van der Waals surface area (Å²) in [6.45, 7) is 24.6. The second kappa shape index (κ2) is 52.9. The van der Waals surface area contributed by atoms with E-state index in [1.54, 1.807) is 70.2 Å². The average molecular weight is 1960 g/mol. The Morgan fingerprint density at radius 2 is 0.813 bits per heavy atom. The lowest BCUT2D eigenvalue weighted by atomic mass is 9.76. The number of halogens is 1. The summed E-state index contributed by atoms with van der Waals surface area (Å²) < 4.78 is 14.5. The Bertz CT molecular complexity index is 6230. The molecule has 20 nitrogen and oxygen atoms in total. The third kappa shape index (κ3) is 30.7. The SMILES string of the molecule is CC1(C)c2cccc(P(c3ccccc3)c3ccccc3)c2Oc2c(P(c3ccccc3)c3ccccc3)cccc21.CCCN(c1ccccc1)c1cccc(N)c1.CCCN(c1ccccc1)c1cccc(N)c1.CCCN(c1ccccc1)c1cccc([N+](=O)[O-])c1.CCCNc1ccccc1.Cc1cc(C(=O)O)n(-c2cccc(CNC(=O)OC(C)(C)C)c2)n1.O=[N+]([O-])c1cccc(Br)c1. The molecule has 1 aromatic heterocycles. The van der Waals surface area contributed by atoms with Gasteiger partial charge in [-0.2, -0.15) is 5.10 Å². The highest BCUT2D eigenvalue weighted by Gasteiger charge is 2.40. The van der Waals surface area contributed by atoms with Crippen molar-refractivity contribution < 1.29 is 34.0 Å². The van der Waals surface area contributed by atoms with E-state index in [9.17, 15) is 34.9 Å². The van der Waals surface area contributed by atoms with Gasteiger partial charge in [-0.3, -0.25) is 20.2 Å². The Morgan fingerprint density at radius 3 is 1.18 bits per heavy atom. The van der Waals surface area contributed by atoms with E-state index in [0.29, 0.717) is 11.4 Å². The number of carbonyl (C=O) groups is 2. The number of carboxylic acid groups (broad SMARTS) is 1. The molecule has 16 aromatic rings. The number of aryl methyl sites for hydroxylation is 1. The van der Waals surface area contributed by atoms with E-state index in [0.717, 1.165) is 101 Å². The van der Waals surface area contributed by atoms with Gasteiger partial charge in [0.25, 0.3) is 11.4 Å². The summed E-state index contributed by atoms with van der Waals surface area (Å²) in [6, 6.07) is 136. The Kier molecular flexibility index (Phi) is 39.8. The van der Waals surface area contributed by atoms with Gasteiger partial charge in [0.1, 0.15) is 17.1 Å². The molecule has 0 unspecified atom stereocenters. The van der Waals surface area contributed by atoms with Crippen LogP contribution in [0.25, 0.3) is 5.69 Å². The van der Waals surface area contributed by atoms with Crippen LogP contribution in [-0.2, 0) is 16.7 Å². The van der Waals surface area contributed by atoms with Crippen LogP contribution in [0.4, 0.5) is 67.4 Å². The number of amides is 1. The summed E-state index contributed by atoms with van der Waals surface area (Å²) in [6.07, 6.45) is 3.84. The zero-order valence-corrected chi connectivity index (χ0v) is 83.7. The number of carboxylic acids is 1. The molecule has 0 spiro atoms. The molecule has 0 radical (unpaired) electrons. The number of nitrogens with zero attached hydrogens (tertiary/aromatic N) is 7. The zero-order chi connectivity index (χ0) is 99.1. The summed E-state index contributed by atoms with van der Waals surface area (Å²) in [5.41, 5.74) is 25.2. The second-order valence-corrected chi connectivity index (χ2v) is 39.2. The summed E-state index contributed by atoms with van der Waals surface area (Å²) in [4.78, 5) is 49.9. The van der Waals surface area contributed by atoms with Gasteiger partial charge in [-0.1, -0.05) is 324 Å². The number of carbonyl (C=O) groups excluding carboxylic acids is 1. The van der Waals surface area contributed by atoms with Crippen molar-refractivity contribution in [1.29, 1.82) is 0 Å². The molecule has 2 heterocycles. The molecule has 0 aliphatic carbocycles. The minimum Gasteiger partial charge on any atom is -0.477 e. The Hall–Kier alpha value is -15.0. The number of nitro groups is 2. The van der Waals surface area contributed by atoms with Gasteiger partial charge in [0.05, 0.1) is 21.2 Å². The first kappa shape index (κ1) is 104. The molecule has 7 N–H and O–H groups in total. The number of hydrogen-bond donors (Lipinski definition) is 5. The maximum absolute atomic E-state index is 11.7. The van der Waals surface area contributed by atoms with E-state index in [1.165, 1.54) is 95.4 Å². The number of aromatic nitrogens is 2. The minimum absolute atomic E-state index is 0.0877. The molecule has 139 heavy (non-hydrogen) atoms. The van der Waals surface area contributed by atoms with E-state index >= 15 is 0 Å². The molecule has 23 heteroatoms. The predicted molar refractivity (Wildman–Crippen MR) is 583 cm³/mol. The van der Waals surface area contributed by atoms with Gasteiger partial charge >= 0.3 is 12.1 Å². The first-order valence-corrected chi connectivity index (χ1v) is 50.0. The maximum atomic E-state index is 11.7. The normalized spacial score (nSPS) is 11.2. The van der Waals surface area contributed by atoms with Crippen LogP contribution < -0.4 is 73.4 Å². The van der Waals surface area contributed by atoms with E-state index in [-0.39, 0.29) is 34.0 Å². The van der Waals surface area contributed by atoms with Gasteiger partial charge in [0, 0.05) is 140 Å². The summed E-state index contributed by atoms with van der Waals surface area (Å²) in [7, 11) is -1.65. The first-order chi connectivity index (χ1) is 67.2. The fourth-order valence-electron chi connectivity index (χ4n) is 15.4. The number of para-hydroxylation sites is 6. The van der Waals surface area contributed by atoms with Crippen LogP contribution in [0.3, 0.4) is 0 Å². The van der Waals surface area contributed by atoms with Crippen molar-refractivity contribution in [2.24, 2.45) is 0 Å². The third-order valence-corrected chi connectivity index (χ3v) is 27.2. The minimum atomic E-state index is -1.05. The van der Waals surface area contributed by atoms with Crippen molar-refractivity contribution in [3.8, 4) is 17.2 Å². The predicted octanol–water partition coefficient (Wildman–Crippen LogP) is 27.2. The lowest BCUT2D eigenvalue weighted by Gasteiger charge is -2.38. The molecule has 0 fully saturated rings. The van der Waals surface area contributed by atoms with Gasteiger partial charge in [-0.05, 0) is 211 Å². The van der Waals surface area contributed by atoms with E-state index in [4.69, 9.17) is 20.9 Å².